The molecule has 0 aromatic heterocycles. The van der Waals surface area contributed by atoms with Crippen LogP contribution in [0.1, 0.15) is 6.42 Å². The van der Waals surface area contributed by atoms with E-state index in [1.807, 2.05) is 0 Å². The van der Waals surface area contributed by atoms with Gasteiger partial charge in [-0.2, -0.15) is 0 Å². The van der Waals surface area contributed by atoms with Crippen molar-refractivity contribution in [3.05, 3.63) is 29.3 Å². The third-order valence-corrected chi connectivity index (χ3v) is 2.59. The molecule has 3 nitrogen and oxygen atoms in total. The minimum Gasteiger partial charge on any atom is -0.484 e. The number of ether oxygens (including phenoxy) is 1. The van der Waals surface area contributed by atoms with E-state index in [1.165, 1.54) is 0 Å². The highest BCUT2D eigenvalue weighted by Gasteiger charge is 2.01. The summed E-state index contributed by atoms with van der Waals surface area (Å²) in [6, 6.07) is 6.97. The second kappa shape index (κ2) is 7.52. The second-order valence-corrected chi connectivity index (χ2v) is 4.37. The Labute approximate surface area is 108 Å². The number of rotatable bonds is 6. The topological polar surface area (TPSA) is 38.3 Å². The van der Waals surface area contributed by atoms with E-state index < -0.39 is 0 Å². The fourth-order valence-electron chi connectivity index (χ4n) is 1.05. The quantitative estimate of drug-likeness (QED) is 0.648. The Morgan fingerprint density at radius 3 is 3.00 bits per heavy atom. The lowest BCUT2D eigenvalue weighted by atomic mass is 10.3. The average Bonchev–Trinajstić information content (AvgIpc) is 2.27. The molecule has 1 aromatic carbocycles. The van der Waals surface area contributed by atoms with Gasteiger partial charge in [0.2, 0.25) is 0 Å². The van der Waals surface area contributed by atoms with Crippen molar-refractivity contribution in [1.29, 1.82) is 0 Å². The lowest BCUT2D eigenvalue weighted by Gasteiger charge is -2.06. The maximum atomic E-state index is 11.3. The summed E-state index contributed by atoms with van der Waals surface area (Å²) in [6.07, 6.45) is 0.906. The van der Waals surface area contributed by atoms with Crippen LogP contribution in [0, 0.1) is 0 Å². The number of halogens is 2. The van der Waals surface area contributed by atoms with Gasteiger partial charge in [-0.1, -0.05) is 33.6 Å². The number of hydrogen-bond acceptors (Lipinski definition) is 2. The Morgan fingerprint density at radius 1 is 1.50 bits per heavy atom. The molecule has 5 heteroatoms. The van der Waals surface area contributed by atoms with Gasteiger partial charge in [0.05, 0.1) is 0 Å². The molecule has 0 aliphatic heterocycles. The molecule has 0 unspecified atom stereocenters. The molecule has 0 atom stereocenters. The Morgan fingerprint density at radius 2 is 2.31 bits per heavy atom. The zero-order chi connectivity index (χ0) is 11.8. The first-order valence-electron chi connectivity index (χ1n) is 4.93. The van der Waals surface area contributed by atoms with Crippen LogP contribution in [-0.4, -0.2) is 24.4 Å². The van der Waals surface area contributed by atoms with Crippen LogP contribution >= 0.6 is 27.5 Å². The Balaban J connectivity index is 2.26. The number of hydrogen-bond donors (Lipinski definition) is 1. The van der Waals surface area contributed by atoms with Crippen molar-refractivity contribution in [3.8, 4) is 5.75 Å². The van der Waals surface area contributed by atoms with E-state index in [0.29, 0.717) is 17.3 Å². The van der Waals surface area contributed by atoms with Crippen molar-refractivity contribution < 1.29 is 9.53 Å². The first kappa shape index (κ1) is 13.3. The zero-order valence-corrected chi connectivity index (χ0v) is 11.1. The van der Waals surface area contributed by atoms with Crippen molar-refractivity contribution >= 4 is 33.4 Å². The number of carbonyl (C=O) groups excluding carboxylic acids is 1. The molecule has 0 aliphatic carbocycles. The van der Waals surface area contributed by atoms with Crippen LogP contribution in [0.5, 0.6) is 5.75 Å². The summed E-state index contributed by atoms with van der Waals surface area (Å²) in [6.45, 7) is 0.672. The van der Waals surface area contributed by atoms with Crippen molar-refractivity contribution in [1.82, 2.24) is 5.32 Å². The fourth-order valence-corrected chi connectivity index (χ4v) is 1.51. The minimum absolute atomic E-state index is 0.0165. The number of amides is 1. The molecule has 0 bridgehead atoms. The Hall–Kier alpha value is -0.740. The maximum absolute atomic E-state index is 11.3. The van der Waals surface area contributed by atoms with E-state index in [-0.39, 0.29) is 12.5 Å². The number of carbonyl (C=O) groups is 1. The third kappa shape index (κ3) is 5.37. The van der Waals surface area contributed by atoms with E-state index in [1.54, 1.807) is 24.3 Å². The van der Waals surface area contributed by atoms with Gasteiger partial charge in [-0.15, -0.1) is 0 Å². The SMILES string of the molecule is O=C(COc1cccc(Cl)c1)NCCCBr. The van der Waals surface area contributed by atoms with Crippen molar-refractivity contribution in [3.63, 3.8) is 0 Å². The molecular weight excluding hydrogens is 293 g/mol. The van der Waals surface area contributed by atoms with Crippen LogP contribution in [0.2, 0.25) is 5.02 Å². The summed E-state index contributed by atoms with van der Waals surface area (Å²) in [4.78, 5) is 11.3. The van der Waals surface area contributed by atoms with Gasteiger partial charge in [-0.3, -0.25) is 4.79 Å². The van der Waals surface area contributed by atoms with Crippen molar-refractivity contribution in [2.45, 2.75) is 6.42 Å². The van der Waals surface area contributed by atoms with E-state index in [9.17, 15) is 4.79 Å². The second-order valence-electron chi connectivity index (χ2n) is 3.14. The van der Waals surface area contributed by atoms with Crippen LogP contribution in [0.4, 0.5) is 0 Å². The first-order valence-corrected chi connectivity index (χ1v) is 6.43. The smallest absolute Gasteiger partial charge is 0.257 e. The van der Waals surface area contributed by atoms with Gasteiger partial charge in [0.25, 0.3) is 5.91 Å². The van der Waals surface area contributed by atoms with Crippen LogP contribution < -0.4 is 10.1 Å². The molecule has 0 heterocycles. The molecule has 1 N–H and O–H groups in total. The van der Waals surface area contributed by atoms with Gasteiger partial charge in [-0.05, 0) is 24.6 Å². The standard InChI is InChI=1S/C11H13BrClNO2/c12-5-2-6-14-11(15)8-16-10-4-1-3-9(13)7-10/h1,3-4,7H,2,5-6,8H2,(H,14,15). The van der Waals surface area contributed by atoms with Crippen LogP contribution in [-0.2, 0) is 4.79 Å². The summed E-state index contributed by atoms with van der Waals surface area (Å²) in [5.74, 6) is 0.476. The van der Waals surface area contributed by atoms with Gasteiger partial charge in [0, 0.05) is 16.9 Å². The van der Waals surface area contributed by atoms with Gasteiger partial charge in [0.15, 0.2) is 6.61 Å². The van der Waals surface area contributed by atoms with Crippen LogP contribution in [0.3, 0.4) is 0 Å². The average molecular weight is 307 g/mol. The molecule has 88 valence electrons. The molecule has 1 amide bonds. The predicted octanol–water partition coefficient (Wildman–Crippen LogP) is 2.62. The van der Waals surface area contributed by atoms with Gasteiger partial charge < -0.3 is 10.1 Å². The van der Waals surface area contributed by atoms with E-state index in [4.69, 9.17) is 16.3 Å². The summed E-state index contributed by atoms with van der Waals surface area (Å²) in [7, 11) is 0. The van der Waals surface area contributed by atoms with Gasteiger partial charge in [-0.25, -0.2) is 0 Å². The van der Waals surface area contributed by atoms with Crippen molar-refractivity contribution in [2.75, 3.05) is 18.5 Å². The molecule has 0 fully saturated rings. The monoisotopic (exact) mass is 305 g/mol. The molecule has 1 aromatic rings. The largest absolute Gasteiger partial charge is 0.484 e. The molecule has 1 rings (SSSR count). The molecule has 16 heavy (non-hydrogen) atoms. The molecular formula is C11H13BrClNO2. The molecule has 0 radical (unpaired) electrons. The maximum Gasteiger partial charge on any atom is 0.257 e. The van der Waals surface area contributed by atoms with E-state index in [0.717, 1.165) is 11.8 Å². The first-order chi connectivity index (χ1) is 7.72. The molecule has 0 aliphatic rings. The third-order valence-electron chi connectivity index (χ3n) is 1.80. The summed E-state index contributed by atoms with van der Waals surface area (Å²) >= 11 is 9.06. The summed E-state index contributed by atoms with van der Waals surface area (Å²) in [5.41, 5.74) is 0. The van der Waals surface area contributed by atoms with Gasteiger partial charge >= 0.3 is 0 Å². The van der Waals surface area contributed by atoms with E-state index in [2.05, 4.69) is 21.2 Å². The fraction of sp³-hybridized carbons (Fsp3) is 0.364. The lowest BCUT2D eigenvalue weighted by Crippen LogP contribution is -2.29. The normalized spacial score (nSPS) is 9.88. The Bertz CT molecular complexity index is 347. The van der Waals surface area contributed by atoms with Crippen LogP contribution in [0.15, 0.2) is 24.3 Å². The van der Waals surface area contributed by atoms with E-state index >= 15 is 0 Å². The molecule has 0 saturated carbocycles. The lowest BCUT2D eigenvalue weighted by molar-refractivity contribution is -0.123. The highest BCUT2D eigenvalue weighted by atomic mass is 79.9. The molecule has 0 spiro atoms. The zero-order valence-electron chi connectivity index (χ0n) is 8.71. The summed E-state index contributed by atoms with van der Waals surface area (Å²) < 4.78 is 5.27. The summed E-state index contributed by atoms with van der Waals surface area (Å²) in [5, 5.41) is 4.21. The predicted molar refractivity (Wildman–Crippen MR) is 68.4 cm³/mol. The highest BCUT2D eigenvalue weighted by molar-refractivity contribution is 9.09. The highest BCUT2D eigenvalue weighted by Crippen LogP contribution is 2.16. The number of alkyl halides is 1. The Kier molecular flexibility index (Phi) is 6.26. The van der Waals surface area contributed by atoms with Crippen LogP contribution in [0.25, 0.3) is 0 Å². The number of benzene rings is 1. The van der Waals surface area contributed by atoms with Crippen molar-refractivity contribution in [2.24, 2.45) is 0 Å². The number of nitrogens with one attached hydrogen (secondary N) is 1. The minimum atomic E-state index is -0.124. The van der Waals surface area contributed by atoms with Gasteiger partial charge in [0.1, 0.15) is 5.75 Å². The molecule has 0 saturated heterocycles.